The zero-order valence-electron chi connectivity index (χ0n) is 15.8. The molecule has 0 radical (unpaired) electrons. The first-order chi connectivity index (χ1) is 12.6. The average molecular weight is 486 g/mol. The van der Waals surface area contributed by atoms with E-state index in [2.05, 4.69) is 20.9 Å². The van der Waals surface area contributed by atoms with Crippen LogP contribution in [0.4, 0.5) is 0 Å². The van der Waals surface area contributed by atoms with Gasteiger partial charge in [0.1, 0.15) is 17.6 Å². The number of carbonyl (C=O) groups excluding carboxylic acids is 1. The molecule has 1 aromatic carbocycles. The van der Waals surface area contributed by atoms with E-state index in [-0.39, 0.29) is 42.5 Å². The van der Waals surface area contributed by atoms with Gasteiger partial charge in [-0.05, 0) is 37.6 Å². The highest BCUT2D eigenvalue weighted by Gasteiger charge is 2.08. The molecule has 0 bridgehead atoms. The fourth-order valence-electron chi connectivity index (χ4n) is 2.23. The highest BCUT2D eigenvalue weighted by atomic mass is 127. The molecular weight excluding hydrogens is 459 g/mol. The molecule has 3 N–H and O–H groups in total. The van der Waals surface area contributed by atoms with E-state index in [1.54, 1.807) is 19.4 Å². The monoisotopic (exact) mass is 486 g/mol. The van der Waals surface area contributed by atoms with Gasteiger partial charge in [-0.15, -0.1) is 24.0 Å². The summed E-state index contributed by atoms with van der Waals surface area (Å²) in [6.45, 7) is 5.02. The molecule has 0 saturated carbocycles. The van der Waals surface area contributed by atoms with Crippen LogP contribution in [0.2, 0.25) is 0 Å². The molecule has 8 heteroatoms. The van der Waals surface area contributed by atoms with Crippen LogP contribution in [0.5, 0.6) is 5.75 Å². The van der Waals surface area contributed by atoms with Crippen LogP contribution in [-0.2, 0) is 11.3 Å². The van der Waals surface area contributed by atoms with Crippen molar-refractivity contribution in [2.45, 2.75) is 26.5 Å². The number of ether oxygens (including phenoxy) is 1. The fourth-order valence-corrected chi connectivity index (χ4v) is 2.23. The molecule has 0 saturated heterocycles. The number of aliphatic imine (C=N–C) groups is 1. The first kappa shape index (κ1) is 22.8. The molecule has 1 aromatic heterocycles. The van der Waals surface area contributed by atoms with Crippen LogP contribution in [0.15, 0.2) is 52.1 Å². The van der Waals surface area contributed by atoms with Crippen molar-refractivity contribution in [2.24, 2.45) is 4.99 Å². The summed E-state index contributed by atoms with van der Waals surface area (Å²) in [6.07, 6.45) is 1.52. The molecule has 0 aliphatic rings. The van der Waals surface area contributed by atoms with Crippen molar-refractivity contribution >= 4 is 35.8 Å². The lowest BCUT2D eigenvalue weighted by molar-refractivity contribution is -0.120. The van der Waals surface area contributed by atoms with Gasteiger partial charge in [-0.2, -0.15) is 0 Å². The molecule has 0 spiro atoms. The predicted molar refractivity (Wildman–Crippen MR) is 117 cm³/mol. The molecular formula is C19H27IN4O3. The lowest BCUT2D eigenvalue weighted by Gasteiger charge is -2.18. The van der Waals surface area contributed by atoms with Crippen LogP contribution in [0.1, 0.15) is 18.2 Å². The van der Waals surface area contributed by atoms with Crippen LogP contribution in [0.25, 0.3) is 0 Å². The second-order valence-corrected chi connectivity index (χ2v) is 5.86. The number of furan rings is 1. The number of nitrogens with one attached hydrogen (secondary N) is 3. The van der Waals surface area contributed by atoms with Crippen LogP contribution < -0.4 is 20.7 Å². The minimum Gasteiger partial charge on any atom is -0.489 e. The Morgan fingerprint density at radius 3 is 2.63 bits per heavy atom. The van der Waals surface area contributed by atoms with Crippen molar-refractivity contribution < 1.29 is 13.9 Å². The normalized spacial score (nSPS) is 11.9. The Morgan fingerprint density at radius 1 is 1.19 bits per heavy atom. The van der Waals surface area contributed by atoms with E-state index in [9.17, 15) is 4.79 Å². The predicted octanol–water partition coefficient (Wildman–Crippen LogP) is 2.45. The summed E-state index contributed by atoms with van der Waals surface area (Å²) >= 11 is 0. The number of nitrogens with zero attached hydrogens (tertiary/aromatic N) is 1. The van der Waals surface area contributed by atoms with Crippen molar-refractivity contribution in [3.8, 4) is 5.75 Å². The Morgan fingerprint density at radius 2 is 1.96 bits per heavy atom. The van der Waals surface area contributed by atoms with Crippen molar-refractivity contribution in [3.63, 3.8) is 0 Å². The van der Waals surface area contributed by atoms with Gasteiger partial charge < -0.3 is 25.1 Å². The summed E-state index contributed by atoms with van der Waals surface area (Å²) < 4.78 is 11.1. The summed E-state index contributed by atoms with van der Waals surface area (Å²) in [5.41, 5.74) is 1.09. The maximum absolute atomic E-state index is 11.9. The third kappa shape index (κ3) is 8.33. The molecule has 0 aliphatic heterocycles. The smallest absolute Gasteiger partial charge is 0.239 e. The zero-order chi connectivity index (χ0) is 18.8. The number of amides is 1. The number of halogens is 1. The standard InChI is InChI=1S/C19H26N4O3.HI/c1-14-7-4-5-9-17(14)26-15(2)11-22-19(20-3)23-13-18(24)21-12-16-8-6-10-25-16;/h4-10,15H,11-13H2,1-3H3,(H,21,24)(H2,20,22,23);1H. The molecule has 1 heterocycles. The SMILES string of the molecule is CN=C(NCC(=O)NCc1ccco1)NCC(C)Oc1ccccc1C.I. The summed E-state index contributed by atoms with van der Waals surface area (Å²) in [4.78, 5) is 16.0. The lowest BCUT2D eigenvalue weighted by atomic mass is 10.2. The molecule has 1 amide bonds. The fraction of sp³-hybridized carbons (Fsp3) is 0.368. The van der Waals surface area contributed by atoms with E-state index in [0.717, 1.165) is 11.3 Å². The Bertz CT molecular complexity index is 720. The van der Waals surface area contributed by atoms with E-state index in [1.165, 1.54) is 0 Å². The van der Waals surface area contributed by atoms with E-state index in [1.807, 2.05) is 44.2 Å². The van der Waals surface area contributed by atoms with Crippen molar-refractivity contribution in [2.75, 3.05) is 20.1 Å². The van der Waals surface area contributed by atoms with Crippen molar-refractivity contribution in [1.82, 2.24) is 16.0 Å². The van der Waals surface area contributed by atoms with Gasteiger partial charge in [0.2, 0.25) is 5.91 Å². The zero-order valence-corrected chi connectivity index (χ0v) is 18.2. The number of aryl methyl sites for hydroxylation is 1. The number of benzene rings is 1. The van der Waals surface area contributed by atoms with Gasteiger partial charge in [0, 0.05) is 7.05 Å². The summed E-state index contributed by atoms with van der Waals surface area (Å²) in [6, 6.07) is 11.5. The molecule has 27 heavy (non-hydrogen) atoms. The minimum atomic E-state index is -0.145. The third-order valence-corrected chi connectivity index (χ3v) is 3.66. The first-order valence-electron chi connectivity index (χ1n) is 8.54. The molecule has 0 fully saturated rings. The Hall–Kier alpha value is -2.23. The molecule has 2 aromatic rings. The largest absolute Gasteiger partial charge is 0.489 e. The second kappa shape index (κ2) is 12.2. The molecule has 1 unspecified atom stereocenters. The van der Waals surface area contributed by atoms with Gasteiger partial charge in [0.05, 0.1) is 25.9 Å². The van der Waals surface area contributed by atoms with Crippen molar-refractivity contribution in [3.05, 3.63) is 54.0 Å². The minimum absolute atomic E-state index is 0. The van der Waals surface area contributed by atoms with Gasteiger partial charge in [-0.25, -0.2) is 0 Å². The van der Waals surface area contributed by atoms with Crippen LogP contribution in [0.3, 0.4) is 0 Å². The van der Waals surface area contributed by atoms with Gasteiger partial charge in [0.15, 0.2) is 5.96 Å². The molecule has 7 nitrogen and oxygen atoms in total. The van der Waals surface area contributed by atoms with Crippen molar-refractivity contribution in [1.29, 1.82) is 0 Å². The summed E-state index contributed by atoms with van der Waals surface area (Å²) in [7, 11) is 1.66. The van der Waals surface area contributed by atoms with Crippen LogP contribution in [-0.4, -0.2) is 38.1 Å². The average Bonchev–Trinajstić information content (AvgIpc) is 3.15. The van der Waals surface area contributed by atoms with E-state index in [0.29, 0.717) is 24.8 Å². The topological polar surface area (TPSA) is 87.9 Å². The molecule has 148 valence electrons. The summed E-state index contributed by atoms with van der Waals surface area (Å²) in [5.74, 6) is 1.97. The number of para-hydroxylation sites is 1. The summed E-state index contributed by atoms with van der Waals surface area (Å²) in [5, 5.41) is 8.89. The quantitative estimate of drug-likeness (QED) is 0.303. The van der Waals surface area contributed by atoms with Gasteiger partial charge in [-0.1, -0.05) is 18.2 Å². The lowest BCUT2D eigenvalue weighted by Crippen LogP contribution is -2.45. The van der Waals surface area contributed by atoms with Gasteiger partial charge >= 0.3 is 0 Å². The van der Waals surface area contributed by atoms with E-state index >= 15 is 0 Å². The number of carbonyl (C=O) groups is 1. The maximum atomic E-state index is 11.9. The molecule has 2 rings (SSSR count). The first-order valence-corrected chi connectivity index (χ1v) is 8.54. The number of guanidine groups is 1. The van der Waals surface area contributed by atoms with E-state index < -0.39 is 0 Å². The number of hydrogen-bond acceptors (Lipinski definition) is 4. The van der Waals surface area contributed by atoms with E-state index in [4.69, 9.17) is 9.15 Å². The Labute approximate surface area is 177 Å². The molecule has 1 atom stereocenters. The highest BCUT2D eigenvalue weighted by molar-refractivity contribution is 14.0. The third-order valence-electron chi connectivity index (χ3n) is 3.66. The second-order valence-electron chi connectivity index (χ2n) is 5.86. The van der Waals surface area contributed by atoms with Crippen LogP contribution >= 0.6 is 24.0 Å². The van der Waals surface area contributed by atoms with Crippen LogP contribution in [0, 0.1) is 6.92 Å². The Balaban J connectivity index is 0.00000364. The van der Waals surface area contributed by atoms with Gasteiger partial charge in [-0.3, -0.25) is 9.79 Å². The highest BCUT2D eigenvalue weighted by Crippen LogP contribution is 2.17. The maximum Gasteiger partial charge on any atom is 0.239 e. The molecule has 0 aliphatic carbocycles. The Kier molecular flexibility index (Phi) is 10.3. The number of rotatable bonds is 8. The number of hydrogen-bond donors (Lipinski definition) is 3. The van der Waals surface area contributed by atoms with Gasteiger partial charge in [0.25, 0.3) is 0 Å².